The third-order valence-corrected chi connectivity index (χ3v) is 7.79. The molecule has 12 nitrogen and oxygen atoms in total. The van der Waals surface area contributed by atoms with Gasteiger partial charge < -0.3 is 30.6 Å². The topological polar surface area (TPSA) is 171 Å². The van der Waals surface area contributed by atoms with Crippen molar-refractivity contribution >= 4 is 45.4 Å². The smallest absolute Gasteiger partial charge is 0.418 e. The number of alkyl halides is 3. The summed E-state index contributed by atoms with van der Waals surface area (Å²) < 4.78 is 73.7. The van der Waals surface area contributed by atoms with Crippen LogP contribution in [0.5, 0.6) is 5.75 Å². The van der Waals surface area contributed by atoms with E-state index in [1.165, 1.54) is 30.3 Å². The number of H-pyrrole nitrogens is 1. The molecule has 6 aromatic rings. The molecule has 3 heterocycles. The first-order chi connectivity index (χ1) is 24.3. The van der Waals surface area contributed by atoms with Crippen LogP contribution in [0.2, 0.25) is 0 Å². The SMILES string of the molecule is Cc1ccc(NC(=O)c2cccc3c(OC(=O)C(F)(F)F)c[nH]c23)cc1-c1nc(NC(CO)CO)nc2c1ccc(=O)n2-c1c(F)cccc1F. The standard InChI is InChI=1S/C34H25F5N6O6/c1-16-8-9-17(41-31(49)21-5-2-4-19-25(13-40-27(19)21)51-32(50)34(37,38)39)12-22(16)28-20-10-11-26(48)45(29-23(35)6-3-7-24(29)36)30(20)44-33(43-28)42-18(14-46)15-47/h2-13,18,40,46-47H,14-15H2,1H3,(H,41,49)(H,42,43,44). The minimum Gasteiger partial charge on any atom is -0.418 e. The first-order valence-corrected chi connectivity index (χ1v) is 15.0. The zero-order valence-corrected chi connectivity index (χ0v) is 26.2. The van der Waals surface area contributed by atoms with Crippen LogP contribution in [0.15, 0.2) is 77.7 Å². The number of hydrogen-bond donors (Lipinski definition) is 5. The number of para-hydroxylation sites is 2. The number of hydrogen-bond acceptors (Lipinski definition) is 9. The lowest BCUT2D eigenvalue weighted by atomic mass is 10.0. The number of aliphatic hydroxyl groups is 2. The number of halogens is 5. The van der Waals surface area contributed by atoms with E-state index in [9.17, 15) is 37.8 Å². The molecule has 0 saturated heterocycles. The minimum absolute atomic E-state index is 0.00196. The van der Waals surface area contributed by atoms with E-state index in [2.05, 4.69) is 30.3 Å². The van der Waals surface area contributed by atoms with Gasteiger partial charge in [-0.3, -0.25) is 14.2 Å². The second kappa shape index (κ2) is 13.6. The molecule has 262 valence electrons. The molecule has 0 radical (unpaired) electrons. The molecule has 3 aromatic heterocycles. The monoisotopic (exact) mass is 708 g/mol. The molecule has 0 aliphatic rings. The van der Waals surface area contributed by atoms with Crippen LogP contribution in [0.1, 0.15) is 15.9 Å². The molecule has 1 amide bonds. The Bertz CT molecular complexity index is 2370. The van der Waals surface area contributed by atoms with Crippen LogP contribution in [0.25, 0.3) is 38.9 Å². The Balaban J connectivity index is 1.45. The molecule has 0 unspecified atom stereocenters. The molecule has 0 atom stereocenters. The van der Waals surface area contributed by atoms with Crippen molar-refractivity contribution in [3.8, 4) is 22.7 Å². The quantitative estimate of drug-likeness (QED) is 0.102. The zero-order chi connectivity index (χ0) is 36.6. The van der Waals surface area contributed by atoms with Gasteiger partial charge in [0.25, 0.3) is 11.5 Å². The number of amides is 1. The fourth-order valence-corrected chi connectivity index (χ4v) is 5.35. The van der Waals surface area contributed by atoms with Crippen LogP contribution in [0, 0.1) is 18.6 Å². The average molecular weight is 709 g/mol. The van der Waals surface area contributed by atoms with Gasteiger partial charge in [0.05, 0.1) is 36.0 Å². The number of aryl methyl sites for hydroxylation is 1. The maximum Gasteiger partial charge on any atom is 0.491 e. The van der Waals surface area contributed by atoms with Gasteiger partial charge in [0.2, 0.25) is 5.95 Å². The number of ether oxygens (including phenoxy) is 1. The van der Waals surface area contributed by atoms with Crippen molar-refractivity contribution in [1.29, 1.82) is 0 Å². The Hall–Kier alpha value is -6.20. The lowest BCUT2D eigenvalue weighted by Gasteiger charge is -2.18. The highest BCUT2D eigenvalue weighted by Gasteiger charge is 2.41. The van der Waals surface area contributed by atoms with E-state index in [-0.39, 0.29) is 44.8 Å². The number of carbonyl (C=O) groups is 2. The third kappa shape index (κ3) is 6.71. The van der Waals surface area contributed by atoms with E-state index in [1.807, 2.05) is 0 Å². The summed E-state index contributed by atoms with van der Waals surface area (Å²) in [7, 11) is 0. The normalized spacial score (nSPS) is 11.7. The summed E-state index contributed by atoms with van der Waals surface area (Å²) in [6, 6.07) is 13.4. The van der Waals surface area contributed by atoms with E-state index < -0.39 is 65.9 Å². The highest BCUT2D eigenvalue weighted by molar-refractivity contribution is 6.13. The van der Waals surface area contributed by atoms with E-state index in [1.54, 1.807) is 19.1 Å². The Kier molecular flexibility index (Phi) is 9.24. The molecule has 5 N–H and O–H groups in total. The van der Waals surface area contributed by atoms with Crippen molar-refractivity contribution in [3.63, 3.8) is 0 Å². The number of pyridine rings is 1. The number of rotatable bonds is 9. The van der Waals surface area contributed by atoms with Crippen molar-refractivity contribution in [2.45, 2.75) is 19.1 Å². The first-order valence-electron chi connectivity index (χ1n) is 15.0. The van der Waals surface area contributed by atoms with Crippen LogP contribution >= 0.6 is 0 Å². The van der Waals surface area contributed by atoms with Crippen molar-refractivity contribution < 1.29 is 46.5 Å². The predicted molar refractivity (Wildman–Crippen MR) is 175 cm³/mol. The molecule has 0 saturated carbocycles. The average Bonchev–Trinajstić information content (AvgIpc) is 3.50. The number of fused-ring (bicyclic) bond motifs is 2. The number of aromatic amines is 1. The number of aromatic nitrogens is 4. The fraction of sp³-hybridized carbons (Fsp3) is 0.147. The molecule has 0 fully saturated rings. The molecule has 6 rings (SSSR count). The maximum absolute atomic E-state index is 15.0. The van der Waals surface area contributed by atoms with Gasteiger partial charge in [-0.05, 0) is 55.0 Å². The lowest BCUT2D eigenvalue weighted by Crippen LogP contribution is -2.29. The van der Waals surface area contributed by atoms with E-state index in [0.717, 1.165) is 35.0 Å². The van der Waals surface area contributed by atoms with Crippen molar-refractivity contribution in [1.82, 2.24) is 19.5 Å². The third-order valence-electron chi connectivity index (χ3n) is 7.79. The van der Waals surface area contributed by atoms with Gasteiger partial charge in [0.1, 0.15) is 17.3 Å². The van der Waals surface area contributed by atoms with E-state index in [0.29, 0.717) is 11.1 Å². The number of benzene rings is 3. The minimum atomic E-state index is -5.24. The molecule has 17 heteroatoms. The zero-order valence-electron chi connectivity index (χ0n) is 26.2. The van der Waals surface area contributed by atoms with Gasteiger partial charge in [-0.15, -0.1) is 0 Å². The van der Waals surface area contributed by atoms with Crippen LogP contribution in [-0.4, -0.2) is 67.0 Å². The molecule has 51 heavy (non-hydrogen) atoms. The number of anilines is 2. The Labute approximate surface area is 283 Å². The molecule has 0 aliphatic heterocycles. The Morgan fingerprint density at radius 2 is 1.67 bits per heavy atom. The first kappa shape index (κ1) is 34.7. The summed E-state index contributed by atoms with van der Waals surface area (Å²) in [5, 5.41) is 25.0. The van der Waals surface area contributed by atoms with Gasteiger partial charge in [-0.25, -0.2) is 18.6 Å². The van der Waals surface area contributed by atoms with Gasteiger partial charge in [-0.2, -0.15) is 18.2 Å². The number of nitrogens with one attached hydrogen (secondary N) is 3. The molecule has 0 bridgehead atoms. The summed E-state index contributed by atoms with van der Waals surface area (Å²) in [6.07, 6.45) is -4.22. The summed E-state index contributed by atoms with van der Waals surface area (Å²) in [5.74, 6) is -5.87. The molecule has 0 aliphatic carbocycles. The maximum atomic E-state index is 15.0. The molecule has 3 aromatic carbocycles. The van der Waals surface area contributed by atoms with Crippen LogP contribution in [0.3, 0.4) is 0 Å². The van der Waals surface area contributed by atoms with Gasteiger partial charge in [-0.1, -0.05) is 18.2 Å². The summed E-state index contributed by atoms with van der Waals surface area (Å²) in [4.78, 5) is 49.6. The highest BCUT2D eigenvalue weighted by Crippen LogP contribution is 2.34. The Morgan fingerprint density at radius 1 is 0.961 bits per heavy atom. The Morgan fingerprint density at radius 3 is 2.35 bits per heavy atom. The second-order valence-corrected chi connectivity index (χ2v) is 11.2. The number of esters is 1. The fourth-order valence-electron chi connectivity index (χ4n) is 5.35. The number of aliphatic hydroxyl groups excluding tert-OH is 2. The summed E-state index contributed by atoms with van der Waals surface area (Å²) in [5.41, 5.74) is -0.340. The number of nitrogens with zero attached hydrogens (tertiary/aromatic N) is 3. The van der Waals surface area contributed by atoms with Crippen molar-refractivity contribution in [3.05, 3.63) is 106 Å². The van der Waals surface area contributed by atoms with Crippen LogP contribution < -0.4 is 20.9 Å². The van der Waals surface area contributed by atoms with Crippen LogP contribution in [-0.2, 0) is 4.79 Å². The predicted octanol–water partition coefficient (Wildman–Crippen LogP) is 5.00. The molecular weight excluding hydrogens is 683 g/mol. The van der Waals surface area contributed by atoms with Gasteiger partial charge >= 0.3 is 12.1 Å². The van der Waals surface area contributed by atoms with Crippen LogP contribution in [0.4, 0.5) is 33.6 Å². The van der Waals surface area contributed by atoms with Crippen molar-refractivity contribution in [2.75, 3.05) is 23.8 Å². The van der Waals surface area contributed by atoms with E-state index >= 15 is 8.78 Å². The van der Waals surface area contributed by atoms with E-state index in [4.69, 9.17) is 0 Å². The summed E-state index contributed by atoms with van der Waals surface area (Å²) >= 11 is 0. The van der Waals surface area contributed by atoms with Gasteiger partial charge in [0.15, 0.2) is 11.4 Å². The van der Waals surface area contributed by atoms with Crippen molar-refractivity contribution in [2.24, 2.45) is 0 Å². The second-order valence-electron chi connectivity index (χ2n) is 11.2. The molecule has 0 spiro atoms. The summed E-state index contributed by atoms with van der Waals surface area (Å²) in [6.45, 7) is 0.622. The largest absolute Gasteiger partial charge is 0.491 e. The molecular formula is C34H25F5N6O6. The highest BCUT2D eigenvalue weighted by atomic mass is 19.4. The lowest BCUT2D eigenvalue weighted by molar-refractivity contribution is -0.189. The number of carbonyl (C=O) groups excluding carboxylic acids is 2. The van der Waals surface area contributed by atoms with Gasteiger partial charge in [0, 0.05) is 34.3 Å².